The zero-order chi connectivity index (χ0) is 26.6. The average molecular weight is 515 g/mol. The lowest BCUT2D eigenvalue weighted by atomic mass is 9.96. The summed E-state index contributed by atoms with van der Waals surface area (Å²) in [7, 11) is 0. The first kappa shape index (κ1) is 25.2. The molecule has 10 nitrogen and oxygen atoms in total. The summed E-state index contributed by atoms with van der Waals surface area (Å²) in [4.78, 5) is 47.8. The molecule has 0 spiro atoms. The van der Waals surface area contributed by atoms with Crippen LogP contribution < -0.4 is 15.8 Å². The second-order valence-electron chi connectivity index (χ2n) is 9.49. The molecule has 38 heavy (non-hydrogen) atoms. The molecule has 0 aliphatic carbocycles. The van der Waals surface area contributed by atoms with E-state index < -0.39 is 6.09 Å². The molecule has 196 valence electrons. The van der Waals surface area contributed by atoms with E-state index >= 15 is 0 Å². The highest BCUT2D eigenvalue weighted by Gasteiger charge is 2.30. The number of amides is 2. The van der Waals surface area contributed by atoms with Gasteiger partial charge in [0.1, 0.15) is 12.4 Å². The molecule has 4 heterocycles. The number of carbonyl (C=O) groups is 2. The standard InChI is InChI=1S/C28H30N6O4/c1-19-8-9-21-22(34(19)28(37)38)10-11-23-27(21)31-24(13-17-32-16-5-3-7-26(32)36)33(23)18-25(35)30-15-12-20-6-2-4-14-29-20/h2-7,10-11,14,16,19H,8-9,12-13,15,17-18H2,1H3,(H,30,35)(H,37,38)/t19-/m0/s1. The number of aryl methyl sites for hydroxylation is 3. The molecule has 0 radical (unpaired) electrons. The van der Waals surface area contributed by atoms with Gasteiger partial charge in [-0.15, -0.1) is 0 Å². The minimum atomic E-state index is -0.992. The number of imidazole rings is 1. The topological polar surface area (TPSA) is 122 Å². The number of anilines is 1. The maximum absolute atomic E-state index is 13.0. The van der Waals surface area contributed by atoms with Crippen LogP contribution in [0.2, 0.25) is 0 Å². The Kier molecular flexibility index (Phi) is 7.21. The number of aromatic nitrogens is 4. The lowest BCUT2D eigenvalue weighted by Crippen LogP contribution is -2.41. The van der Waals surface area contributed by atoms with Gasteiger partial charge in [0.05, 0.1) is 16.7 Å². The molecule has 1 aromatic carbocycles. The Morgan fingerprint density at radius 2 is 1.95 bits per heavy atom. The van der Waals surface area contributed by atoms with E-state index in [1.807, 2.05) is 41.8 Å². The Hall–Kier alpha value is -4.47. The number of carboxylic acid groups (broad SMARTS) is 1. The minimum Gasteiger partial charge on any atom is -0.465 e. The summed E-state index contributed by atoms with van der Waals surface area (Å²) < 4.78 is 3.49. The lowest BCUT2D eigenvalue weighted by Gasteiger charge is -2.33. The van der Waals surface area contributed by atoms with Crippen molar-refractivity contribution in [3.63, 3.8) is 0 Å². The monoisotopic (exact) mass is 514 g/mol. The van der Waals surface area contributed by atoms with Crippen LogP contribution in [0.4, 0.5) is 10.5 Å². The summed E-state index contributed by atoms with van der Waals surface area (Å²) in [6.07, 6.45) is 4.91. The number of carbonyl (C=O) groups excluding carboxylic acids is 1. The van der Waals surface area contributed by atoms with Crippen LogP contribution >= 0.6 is 0 Å². The fourth-order valence-electron chi connectivity index (χ4n) is 5.08. The summed E-state index contributed by atoms with van der Waals surface area (Å²) in [5.41, 5.74) is 3.79. The van der Waals surface area contributed by atoms with Crippen molar-refractivity contribution in [3.05, 3.63) is 88.4 Å². The Bertz CT molecular complexity index is 1530. The zero-order valence-corrected chi connectivity index (χ0v) is 21.2. The molecule has 0 fully saturated rings. The van der Waals surface area contributed by atoms with Gasteiger partial charge < -0.3 is 19.6 Å². The van der Waals surface area contributed by atoms with E-state index in [0.29, 0.717) is 55.8 Å². The van der Waals surface area contributed by atoms with Crippen LogP contribution in [0.5, 0.6) is 0 Å². The van der Waals surface area contributed by atoms with Crippen molar-refractivity contribution in [2.75, 3.05) is 11.4 Å². The number of hydrogen-bond donors (Lipinski definition) is 2. The molecule has 4 aromatic rings. The van der Waals surface area contributed by atoms with Crippen LogP contribution in [-0.4, -0.2) is 48.8 Å². The molecule has 0 saturated heterocycles. The highest BCUT2D eigenvalue weighted by atomic mass is 16.4. The molecule has 2 amide bonds. The van der Waals surface area contributed by atoms with Crippen LogP contribution in [0, 0.1) is 0 Å². The van der Waals surface area contributed by atoms with Crippen molar-refractivity contribution in [3.8, 4) is 0 Å². The lowest BCUT2D eigenvalue weighted by molar-refractivity contribution is -0.121. The maximum Gasteiger partial charge on any atom is 0.412 e. The number of fused-ring (bicyclic) bond motifs is 3. The van der Waals surface area contributed by atoms with E-state index in [1.165, 1.54) is 11.0 Å². The molecule has 1 atom stereocenters. The Labute approximate surface area is 219 Å². The van der Waals surface area contributed by atoms with Gasteiger partial charge in [-0.3, -0.25) is 19.5 Å². The summed E-state index contributed by atoms with van der Waals surface area (Å²) >= 11 is 0. The quantitative estimate of drug-likeness (QED) is 0.373. The Morgan fingerprint density at radius 1 is 1.11 bits per heavy atom. The summed E-state index contributed by atoms with van der Waals surface area (Å²) in [6.45, 7) is 2.83. The SMILES string of the molecule is C[C@H]1CCc2c(ccc3c2nc(CCn2ccccc2=O)n3CC(=O)NCCc2ccccn2)N1C(=O)O. The molecule has 3 aromatic heterocycles. The summed E-state index contributed by atoms with van der Waals surface area (Å²) in [5, 5.41) is 12.8. The van der Waals surface area contributed by atoms with E-state index in [4.69, 9.17) is 4.98 Å². The van der Waals surface area contributed by atoms with Crippen molar-refractivity contribution >= 4 is 28.7 Å². The highest BCUT2D eigenvalue weighted by molar-refractivity contribution is 5.95. The van der Waals surface area contributed by atoms with Gasteiger partial charge in [-0.2, -0.15) is 0 Å². The third-order valence-electron chi connectivity index (χ3n) is 7.00. The third kappa shape index (κ3) is 5.15. The van der Waals surface area contributed by atoms with Gasteiger partial charge in [-0.25, -0.2) is 9.78 Å². The molecule has 1 aliphatic rings. The Morgan fingerprint density at radius 3 is 2.71 bits per heavy atom. The fraction of sp³-hybridized carbons (Fsp3) is 0.321. The van der Waals surface area contributed by atoms with Crippen LogP contribution in [0.25, 0.3) is 11.0 Å². The number of hydrogen-bond acceptors (Lipinski definition) is 5. The predicted octanol–water partition coefficient (Wildman–Crippen LogP) is 3.01. The molecular formula is C28H30N6O4. The second-order valence-corrected chi connectivity index (χ2v) is 9.49. The average Bonchev–Trinajstić information content (AvgIpc) is 3.25. The Balaban J connectivity index is 1.45. The van der Waals surface area contributed by atoms with Crippen LogP contribution in [-0.2, 0) is 37.1 Å². The number of rotatable bonds is 8. The van der Waals surface area contributed by atoms with Crippen molar-refractivity contribution in [2.45, 2.75) is 51.7 Å². The molecule has 5 rings (SSSR count). The summed E-state index contributed by atoms with van der Waals surface area (Å²) in [6, 6.07) is 14.2. The van der Waals surface area contributed by atoms with E-state index in [9.17, 15) is 19.5 Å². The third-order valence-corrected chi connectivity index (χ3v) is 7.00. The second kappa shape index (κ2) is 10.9. The van der Waals surface area contributed by atoms with E-state index in [1.54, 1.807) is 29.1 Å². The normalized spacial score (nSPS) is 14.9. The number of nitrogens with one attached hydrogen (secondary N) is 1. The number of benzene rings is 1. The zero-order valence-electron chi connectivity index (χ0n) is 21.2. The first-order valence-electron chi connectivity index (χ1n) is 12.8. The number of nitrogens with zero attached hydrogens (tertiary/aromatic N) is 5. The van der Waals surface area contributed by atoms with Gasteiger partial charge in [0.2, 0.25) is 5.91 Å². The molecule has 1 aliphatic heterocycles. The van der Waals surface area contributed by atoms with Gasteiger partial charge in [0.15, 0.2) is 0 Å². The van der Waals surface area contributed by atoms with Crippen molar-refractivity contribution in [2.24, 2.45) is 0 Å². The van der Waals surface area contributed by atoms with Gasteiger partial charge in [0.25, 0.3) is 5.56 Å². The van der Waals surface area contributed by atoms with Gasteiger partial charge in [-0.1, -0.05) is 12.1 Å². The minimum absolute atomic E-state index is 0.0651. The first-order valence-corrected chi connectivity index (χ1v) is 12.8. The van der Waals surface area contributed by atoms with Crippen molar-refractivity contribution < 1.29 is 14.7 Å². The van der Waals surface area contributed by atoms with E-state index in [0.717, 1.165) is 16.8 Å². The van der Waals surface area contributed by atoms with E-state index in [-0.39, 0.29) is 24.1 Å². The van der Waals surface area contributed by atoms with E-state index in [2.05, 4.69) is 10.3 Å². The highest BCUT2D eigenvalue weighted by Crippen LogP contribution is 2.36. The molecule has 0 unspecified atom stereocenters. The molecule has 0 saturated carbocycles. The van der Waals surface area contributed by atoms with Crippen molar-refractivity contribution in [1.82, 2.24) is 24.4 Å². The molecule has 10 heteroatoms. The van der Waals surface area contributed by atoms with Crippen molar-refractivity contribution in [1.29, 1.82) is 0 Å². The molecule has 0 bridgehead atoms. The predicted molar refractivity (Wildman–Crippen MR) is 143 cm³/mol. The maximum atomic E-state index is 13.0. The van der Waals surface area contributed by atoms with Gasteiger partial charge in [0, 0.05) is 61.7 Å². The van der Waals surface area contributed by atoms with Gasteiger partial charge in [-0.05, 0) is 50.1 Å². The van der Waals surface area contributed by atoms with Crippen LogP contribution in [0.3, 0.4) is 0 Å². The smallest absolute Gasteiger partial charge is 0.412 e. The number of pyridine rings is 2. The van der Waals surface area contributed by atoms with Gasteiger partial charge >= 0.3 is 6.09 Å². The molecule has 2 N–H and O–H groups in total. The van der Waals surface area contributed by atoms with Crippen LogP contribution in [0.15, 0.2) is 65.7 Å². The first-order chi connectivity index (χ1) is 18.4. The largest absolute Gasteiger partial charge is 0.465 e. The van der Waals surface area contributed by atoms with Crippen LogP contribution in [0.1, 0.15) is 30.4 Å². The molecular weight excluding hydrogens is 484 g/mol. The summed E-state index contributed by atoms with van der Waals surface area (Å²) in [5.74, 6) is 0.515. The fourth-order valence-corrected chi connectivity index (χ4v) is 5.08.